The van der Waals surface area contributed by atoms with Gasteiger partial charge >= 0.3 is 0 Å². The van der Waals surface area contributed by atoms with E-state index in [0.717, 1.165) is 45.6 Å². The lowest BCUT2D eigenvalue weighted by Gasteiger charge is -2.39. The Morgan fingerprint density at radius 3 is 3.14 bits per heavy atom. The van der Waals surface area contributed by atoms with E-state index in [-0.39, 0.29) is 11.3 Å². The number of aromatic nitrogens is 3. The Morgan fingerprint density at radius 1 is 1.38 bits per heavy atom. The van der Waals surface area contributed by atoms with Gasteiger partial charge in [-0.25, -0.2) is 9.50 Å². The van der Waals surface area contributed by atoms with Gasteiger partial charge in [-0.3, -0.25) is 4.79 Å². The van der Waals surface area contributed by atoms with E-state index < -0.39 is 0 Å². The van der Waals surface area contributed by atoms with Crippen molar-refractivity contribution in [2.75, 3.05) is 26.3 Å². The summed E-state index contributed by atoms with van der Waals surface area (Å²) in [6.45, 7) is 3.19. The van der Waals surface area contributed by atoms with E-state index in [1.807, 2.05) is 11.1 Å². The molecule has 2 saturated heterocycles. The minimum atomic E-state index is 0.00600. The van der Waals surface area contributed by atoms with Crippen molar-refractivity contribution in [3.8, 4) is 0 Å². The smallest absolute Gasteiger partial charge is 0.274 e. The van der Waals surface area contributed by atoms with Crippen LogP contribution < -0.4 is 0 Å². The Morgan fingerprint density at radius 2 is 2.33 bits per heavy atom. The molecular weight excluding hydrogens is 268 g/mol. The highest BCUT2D eigenvalue weighted by molar-refractivity contribution is 5.93. The Hall–Kier alpha value is -1.95. The molecule has 4 rings (SSSR count). The molecule has 0 aliphatic carbocycles. The van der Waals surface area contributed by atoms with Crippen LogP contribution >= 0.6 is 0 Å². The van der Waals surface area contributed by atoms with Crippen molar-refractivity contribution in [3.05, 3.63) is 30.2 Å². The lowest BCUT2D eigenvalue weighted by Crippen LogP contribution is -2.46. The van der Waals surface area contributed by atoms with Crippen molar-refractivity contribution >= 4 is 11.6 Å². The molecule has 2 aliphatic rings. The molecule has 0 N–H and O–H groups in total. The summed E-state index contributed by atoms with van der Waals surface area (Å²) in [5.74, 6) is 0.00600. The van der Waals surface area contributed by atoms with Crippen molar-refractivity contribution in [3.63, 3.8) is 0 Å². The third kappa shape index (κ3) is 2.19. The average Bonchev–Trinajstić information content (AvgIpc) is 3.13. The number of carbonyl (C=O) groups is 1. The molecule has 0 radical (unpaired) electrons. The van der Waals surface area contributed by atoms with Crippen LogP contribution in [-0.4, -0.2) is 51.7 Å². The molecule has 0 saturated carbocycles. The highest BCUT2D eigenvalue weighted by atomic mass is 16.5. The van der Waals surface area contributed by atoms with Crippen LogP contribution in [0.4, 0.5) is 0 Å². The van der Waals surface area contributed by atoms with Crippen LogP contribution in [0.25, 0.3) is 5.65 Å². The molecular formula is C15H18N4O2. The molecule has 6 nitrogen and oxygen atoms in total. The third-order valence-electron chi connectivity index (χ3n) is 4.59. The van der Waals surface area contributed by atoms with E-state index in [4.69, 9.17) is 4.74 Å². The fraction of sp³-hybridized carbons (Fsp3) is 0.533. The zero-order chi connectivity index (χ0) is 14.3. The fourth-order valence-corrected chi connectivity index (χ4v) is 3.45. The fourth-order valence-electron chi connectivity index (χ4n) is 3.45. The largest absolute Gasteiger partial charge is 0.381 e. The van der Waals surface area contributed by atoms with Gasteiger partial charge in [0.15, 0.2) is 11.3 Å². The van der Waals surface area contributed by atoms with Crippen LogP contribution in [0.5, 0.6) is 0 Å². The molecule has 2 aromatic heterocycles. The van der Waals surface area contributed by atoms with Gasteiger partial charge in [-0.05, 0) is 25.3 Å². The molecule has 1 amide bonds. The zero-order valence-corrected chi connectivity index (χ0v) is 11.9. The molecule has 6 heteroatoms. The first-order chi connectivity index (χ1) is 10.3. The molecule has 21 heavy (non-hydrogen) atoms. The maximum Gasteiger partial charge on any atom is 0.274 e. The maximum atomic E-state index is 12.7. The number of amides is 1. The Kier molecular flexibility index (Phi) is 2.92. The number of likely N-dealkylation sites (tertiary alicyclic amines) is 1. The van der Waals surface area contributed by atoms with Crippen LogP contribution in [0, 0.1) is 5.41 Å². The van der Waals surface area contributed by atoms with Gasteiger partial charge in [-0.1, -0.05) is 0 Å². The van der Waals surface area contributed by atoms with E-state index in [2.05, 4.69) is 10.1 Å². The molecule has 0 bridgehead atoms. The number of ether oxygens (including phenoxy) is 1. The summed E-state index contributed by atoms with van der Waals surface area (Å²) >= 11 is 0. The summed E-state index contributed by atoms with van der Waals surface area (Å²) < 4.78 is 7.20. The highest BCUT2D eigenvalue weighted by Gasteiger charge is 2.40. The van der Waals surface area contributed by atoms with E-state index in [0.29, 0.717) is 11.3 Å². The van der Waals surface area contributed by atoms with Gasteiger partial charge in [0.25, 0.3) is 5.91 Å². The molecule has 1 unspecified atom stereocenters. The van der Waals surface area contributed by atoms with E-state index in [1.165, 1.54) is 0 Å². The molecule has 2 aliphatic heterocycles. The summed E-state index contributed by atoms with van der Waals surface area (Å²) in [6, 6.07) is 3.56. The summed E-state index contributed by atoms with van der Waals surface area (Å²) in [4.78, 5) is 18.8. The minimum Gasteiger partial charge on any atom is -0.381 e. The number of hydrogen-bond acceptors (Lipinski definition) is 4. The quantitative estimate of drug-likeness (QED) is 0.794. The molecule has 1 spiro atoms. The second kappa shape index (κ2) is 4.80. The standard InChI is InChI=1S/C15H18N4O2/c20-14(12-9-13-16-5-2-7-19(13)17-12)18-6-1-3-15(10-18)4-8-21-11-15/h2,5,7,9H,1,3-4,6,8,10-11H2. The Labute approximate surface area is 122 Å². The number of carbonyl (C=O) groups excluding carboxylic acids is 1. The predicted molar refractivity (Wildman–Crippen MR) is 76.0 cm³/mol. The van der Waals surface area contributed by atoms with Crippen molar-refractivity contribution in [2.45, 2.75) is 19.3 Å². The van der Waals surface area contributed by atoms with E-state index in [9.17, 15) is 4.79 Å². The van der Waals surface area contributed by atoms with Gasteiger partial charge in [-0.15, -0.1) is 0 Å². The average molecular weight is 286 g/mol. The highest BCUT2D eigenvalue weighted by Crippen LogP contribution is 2.37. The van der Waals surface area contributed by atoms with Crippen molar-refractivity contribution in [1.29, 1.82) is 0 Å². The van der Waals surface area contributed by atoms with Gasteiger partial charge in [0.2, 0.25) is 0 Å². The second-order valence-electron chi connectivity index (χ2n) is 6.08. The normalized spacial score (nSPS) is 25.8. The van der Waals surface area contributed by atoms with E-state index in [1.54, 1.807) is 22.8 Å². The lowest BCUT2D eigenvalue weighted by molar-refractivity contribution is 0.0457. The molecule has 110 valence electrons. The number of hydrogen-bond donors (Lipinski definition) is 0. The van der Waals surface area contributed by atoms with Crippen molar-refractivity contribution in [2.24, 2.45) is 5.41 Å². The minimum absolute atomic E-state index is 0.00600. The van der Waals surface area contributed by atoms with Gasteiger partial charge in [-0.2, -0.15) is 5.10 Å². The summed E-state index contributed by atoms with van der Waals surface area (Å²) in [7, 11) is 0. The summed E-state index contributed by atoms with van der Waals surface area (Å²) in [6.07, 6.45) is 6.77. The predicted octanol–water partition coefficient (Wildman–Crippen LogP) is 1.37. The monoisotopic (exact) mass is 286 g/mol. The molecule has 4 heterocycles. The Bertz CT molecular complexity index is 642. The number of nitrogens with zero attached hydrogens (tertiary/aromatic N) is 4. The number of fused-ring (bicyclic) bond motifs is 1. The first kappa shape index (κ1) is 12.8. The van der Waals surface area contributed by atoms with Crippen LogP contribution in [0.2, 0.25) is 0 Å². The van der Waals surface area contributed by atoms with Gasteiger partial charge in [0.1, 0.15) is 0 Å². The maximum absolute atomic E-state index is 12.7. The van der Waals surface area contributed by atoms with Crippen LogP contribution in [-0.2, 0) is 4.74 Å². The van der Waals surface area contributed by atoms with E-state index >= 15 is 0 Å². The Balaban J connectivity index is 1.58. The van der Waals surface area contributed by atoms with Gasteiger partial charge in [0, 0.05) is 43.6 Å². The molecule has 2 aromatic rings. The zero-order valence-electron chi connectivity index (χ0n) is 11.9. The summed E-state index contributed by atoms with van der Waals surface area (Å²) in [5, 5.41) is 4.33. The third-order valence-corrected chi connectivity index (χ3v) is 4.59. The molecule has 1 atom stereocenters. The first-order valence-corrected chi connectivity index (χ1v) is 7.43. The van der Waals surface area contributed by atoms with Crippen LogP contribution in [0.3, 0.4) is 0 Å². The van der Waals surface area contributed by atoms with Crippen LogP contribution in [0.1, 0.15) is 29.8 Å². The summed E-state index contributed by atoms with van der Waals surface area (Å²) in [5.41, 5.74) is 1.35. The molecule has 0 aromatic carbocycles. The van der Waals surface area contributed by atoms with Crippen molar-refractivity contribution in [1.82, 2.24) is 19.5 Å². The number of rotatable bonds is 1. The lowest BCUT2D eigenvalue weighted by atomic mass is 9.79. The van der Waals surface area contributed by atoms with Gasteiger partial charge < -0.3 is 9.64 Å². The van der Waals surface area contributed by atoms with Gasteiger partial charge in [0.05, 0.1) is 6.61 Å². The first-order valence-electron chi connectivity index (χ1n) is 7.43. The molecule has 2 fully saturated rings. The number of piperidine rings is 1. The SMILES string of the molecule is O=C(c1cc2ncccn2n1)N1CCCC2(CCOC2)C1. The van der Waals surface area contributed by atoms with Crippen LogP contribution in [0.15, 0.2) is 24.5 Å². The van der Waals surface area contributed by atoms with Crippen molar-refractivity contribution < 1.29 is 9.53 Å². The second-order valence-corrected chi connectivity index (χ2v) is 6.08. The topological polar surface area (TPSA) is 59.7 Å².